The van der Waals surface area contributed by atoms with Crippen LogP contribution in [0.3, 0.4) is 0 Å². The third kappa shape index (κ3) is 45.1. The van der Waals surface area contributed by atoms with E-state index in [4.69, 9.17) is 52.1 Å². The number of hydrogen-bond acceptors (Lipinski definition) is 12. The SMILES string of the molecule is CCCCCCCCCCCC(=O)OCCOCCOCCOCCOCCOCCOCCOCCOCCOCCOCCCCCC. The van der Waals surface area contributed by atoms with Gasteiger partial charge in [-0.3, -0.25) is 4.79 Å². The van der Waals surface area contributed by atoms with Crippen molar-refractivity contribution in [3.63, 3.8) is 0 Å². The molecule has 0 saturated carbocycles. The molecule has 0 spiro atoms. The van der Waals surface area contributed by atoms with Gasteiger partial charge in [0.2, 0.25) is 0 Å². The van der Waals surface area contributed by atoms with E-state index in [9.17, 15) is 4.79 Å². The van der Waals surface area contributed by atoms with Crippen molar-refractivity contribution in [2.45, 2.75) is 104 Å². The van der Waals surface area contributed by atoms with Gasteiger partial charge in [-0.1, -0.05) is 84.5 Å². The smallest absolute Gasteiger partial charge is 0.305 e. The second-order valence-electron chi connectivity index (χ2n) is 12.0. The van der Waals surface area contributed by atoms with Crippen LogP contribution in [0.2, 0.25) is 0 Å². The minimum atomic E-state index is -0.134. The molecule has 300 valence electrons. The summed E-state index contributed by atoms with van der Waals surface area (Å²) in [6, 6.07) is 0. The van der Waals surface area contributed by atoms with Crippen LogP contribution in [0.4, 0.5) is 0 Å². The highest BCUT2D eigenvalue weighted by Gasteiger charge is 2.03. The third-order valence-electron chi connectivity index (χ3n) is 7.47. The van der Waals surface area contributed by atoms with Crippen molar-refractivity contribution >= 4 is 5.97 Å². The lowest BCUT2D eigenvalue weighted by molar-refractivity contribution is -0.145. The Kier molecular flexibility index (Phi) is 45.2. The molecule has 0 saturated heterocycles. The molecule has 0 rings (SSSR count). The summed E-state index contributed by atoms with van der Waals surface area (Å²) >= 11 is 0. The van der Waals surface area contributed by atoms with Crippen LogP contribution in [0.5, 0.6) is 0 Å². The molecule has 0 atom stereocenters. The first-order chi connectivity index (χ1) is 24.8. The lowest BCUT2D eigenvalue weighted by Gasteiger charge is -2.09. The predicted octanol–water partition coefficient (Wildman–Crippen LogP) is 6.20. The molecular weight excluding hydrogens is 648 g/mol. The summed E-state index contributed by atoms with van der Waals surface area (Å²) in [7, 11) is 0. The van der Waals surface area contributed by atoms with Gasteiger partial charge in [0.15, 0.2) is 0 Å². The fourth-order valence-electron chi connectivity index (χ4n) is 4.58. The first kappa shape index (κ1) is 49.1. The molecule has 12 heteroatoms. The second kappa shape index (κ2) is 46.1. The van der Waals surface area contributed by atoms with Gasteiger partial charge in [-0.25, -0.2) is 0 Å². The van der Waals surface area contributed by atoms with Gasteiger partial charge in [-0.05, 0) is 12.8 Å². The number of ether oxygens (including phenoxy) is 11. The summed E-state index contributed by atoms with van der Waals surface area (Å²) in [5.74, 6) is -0.134. The molecule has 0 aliphatic heterocycles. The topological polar surface area (TPSA) is 119 Å². The molecule has 0 radical (unpaired) electrons. The molecule has 0 fully saturated rings. The molecule has 12 nitrogen and oxygen atoms in total. The van der Waals surface area contributed by atoms with Crippen LogP contribution in [-0.4, -0.2) is 145 Å². The maximum absolute atomic E-state index is 11.8. The van der Waals surface area contributed by atoms with Crippen molar-refractivity contribution < 1.29 is 56.9 Å². The molecule has 0 N–H and O–H groups in total. The number of hydrogen-bond donors (Lipinski definition) is 0. The van der Waals surface area contributed by atoms with Gasteiger partial charge in [-0.15, -0.1) is 0 Å². The van der Waals surface area contributed by atoms with Crippen LogP contribution in [0.1, 0.15) is 104 Å². The molecule has 0 aromatic heterocycles. The highest BCUT2D eigenvalue weighted by molar-refractivity contribution is 5.69. The summed E-state index contributed by atoms with van der Waals surface area (Å²) in [4.78, 5) is 11.8. The third-order valence-corrected chi connectivity index (χ3v) is 7.47. The van der Waals surface area contributed by atoms with E-state index >= 15 is 0 Å². The van der Waals surface area contributed by atoms with Crippen molar-refractivity contribution in [3.05, 3.63) is 0 Å². The minimum absolute atomic E-state index is 0.134. The highest BCUT2D eigenvalue weighted by Crippen LogP contribution is 2.10. The molecule has 0 aliphatic carbocycles. The van der Waals surface area contributed by atoms with E-state index < -0.39 is 0 Å². The Labute approximate surface area is 305 Å². The molecule has 0 aliphatic rings. The number of carbonyl (C=O) groups excluding carboxylic acids is 1. The lowest BCUT2D eigenvalue weighted by Crippen LogP contribution is -2.15. The molecular formula is C38H76O12. The zero-order chi connectivity index (χ0) is 36.1. The quantitative estimate of drug-likeness (QED) is 0.0526. The van der Waals surface area contributed by atoms with Crippen molar-refractivity contribution in [3.8, 4) is 0 Å². The average Bonchev–Trinajstić information content (AvgIpc) is 3.12. The Balaban J connectivity index is 3.10. The monoisotopic (exact) mass is 725 g/mol. The molecule has 0 amide bonds. The van der Waals surface area contributed by atoms with Crippen LogP contribution in [0, 0.1) is 0 Å². The standard InChI is InChI=1S/C38H76O12/c1-3-5-7-9-10-11-12-13-14-16-38(39)50-37-36-49-35-34-48-33-32-47-31-30-46-29-28-45-27-26-44-25-24-43-23-22-42-21-20-41-19-18-40-17-15-8-6-4-2/h3-37H2,1-2H3. The zero-order valence-corrected chi connectivity index (χ0v) is 32.1. The van der Waals surface area contributed by atoms with E-state index in [-0.39, 0.29) is 5.97 Å². The van der Waals surface area contributed by atoms with Gasteiger partial charge >= 0.3 is 5.97 Å². The Morgan fingerprint density at radius 3 is 0.840 bits per heavy atom. The maximum Gasteiger partial charge on any atom is 0.305 e. The Morgan fingerprint density at radius 2 is 0.520 bits per heavy atom. The molecule has 0 heterocycles. The van der Waals surface area contributed by atoms with Gasteiger partial charge in [-0.2, -0.15) is 0 Å². The van der Waals surface area contributed by atoms with Crippen molar-refractivity contribution in [2.75, 3.05) is 139 Å². The van der Waals surface area contributed by atoms with E-state index in [0.717, 1.165) is 25.9 Å². The van der Waals surface area contributed by atoms with Gasteiger partial charge in [0.25, 0.3) is 0 Å². The van der Waals surface area contributed by atoms with Crippen LogP contribution >= 0.6 is 0 Å². The summed E-state index contributed by atoms with van der Waals surface area (Å²) in [5, 5.41) is 0. The highest BCUT2D eigenvalue weighted by atomic mass is 16.6. The van der Waals surface area contributed by atoms with Crippen LogP contribution < -0.4 is 0 Å². The number of carbonyl (C=O) groups is 1. The summed E-state index contributed by atoms with van der Waals surface area (Å²) < 4.78 is 60.1. The van der Waals surface area contributed by atoms with Crippen LogP contribution in [-0.2, 0) is 56.9 Å². The first-order valence-electron chi connectivity index (χ1n) is 19.7. The van der Waals surface area contributed by atoms with Crippen LogP contribution in [0.25, 0.3) is 0 Å². The maximum atomic E-state index is 11.8. The van der Waals surface area contributed by atoms with Crippen molar-refractivity contribution in [1.82, 2.24) is 0 Å². The van der Waals surface area contributed by atoms with E-state index in [0.29, 0.717) is 139 Å². The summed E-state index contributed by atoms with van der Waals surface area (Å²) in [6.07, 6.45) is 16.5. The Hall–Kier alpha value is -0.930. The van der Waals surface area contributed by atoms with Gasteiger partial charge < -0.3 is 52.1 Å². The lowest BCUT2D eigenvalue weighted by atomic mass is 10.1. The van der Waals surface area contributed by atoms with Gasteiger partial charge in [0.1, 0.15) is 6.61 Å². The zero-order valence-electron chi connectivity index (χ0n) is 32.1. The van der Waals surface area contributed by atoms with Crippen molar-refractivity contribution in [2.24, 2.45) is 0 Å². The number of unbranched alkanes of at least 4 members (excludes halogenated alkanes) is 11. The summed E-state index contributed by atoms with van der Waals surface area (Å²) in [5.41, 5.74) is 0. The van der Waals surface area contributed by atoms with E-state index in [1.807, 2.05) is 0 Å². The van der Waals surface area contributed by atoms with Crippen LogP contribution in [0.15, 0.2) is 0 Å². The summed E-state index contributed by atoms with van der Waals surface area (Å²) in [6.45, 7) is 15.4. The average molecular weight is 725 g/mol. The van der Waals surface area contributed by atoms with E-state index in [2.05, 4.69) is 13.8 Å². The number of esters is 1. The number of rotatable bonds is 45. The molecule has 0 aromatic carbocycles. The second-order valence-corrected chi connectivity index (χ2v) is 12.0. The Bertz CT molecular complexity index is 629. The Morgan fingerprint density at radius 1 is 0.280 bits per heavy atom. The molecule has 50 heavy (non-hydrogen) atoms. The largest absolute Gasteiger partial charge is 0.463 e. The van der Waals surface area contributed by atoms with Gasteiger partial charge in [0.05, 0.1) is 126 Å². The molecule has 0 aromatic rings. The fraction of sp³-hybridized carbons (Fsp3) is 0.974. The fourth-order valence-corrected chi connectivity index (χ4v) is 4.58. The van der Waals surface area contributed by atoms with E-state index in [1.165, 1.54) is 64.2 Å². The first-order valence-corrected chi connectivity index (χ1v) is 19.7. The molecule has 0 bridgehead atoms. The minimum Gasteiger partial charge on any atom is -0.463 e. The van der Waals surface area contributed by atoms with E-state index in [1.54, 1.807) is 0 Å². The van der Waals surface area contributed by atoms with Gasteiger partial charge in [0, 0.05) is 13.0 Å². The normalized spacial score (nSPS) is 11.5. The van der Waals surface area contributed by atoms with Crippen molar-refractivity contribution in [1.29, 1.82) is 0 Å². The molecule has 0 unspecified atom stereocenters. The predicted molar refractivity (Wildman–Crippen MR) is 195 cm³/mol.